The molecule has 0 radical (unpaired) electrons. The Balaban J connectivity index is 2.10. The van der Waals surface area contributed by atoms with Crippen molar-refractivity contribution < 1.29 is 4.79 Å². The summed E-state index contributed by atoms with van der Waals surface area (Å²) in [5.74, 6) is -0.0328. The lowest BCUT2D eigenvalue weighted by molar-refractivity contribution is -0.122. The van der Waals surface area contributed by atoms with Crippen molar-refractivity contribution in [3.63, 3.8) is 0 Å². The summed E-state index contributed by atoms with van der Waals surface area (Å²) in [4.78, 5) is 12.3. The maximum absolute atomic E-state index is 12.3. The molecule has 2 aromatic carbocycles. The maximum Gasteiger partial charge on any atom is 0.225 e. The van der Waals surface area contributed by atoms with Crippen molar-refractivity contribution in [3.8, 4) is 0 Å². The van der Waals surface area contributed by atoms with Crippen LogP contribution in [0.5, 0.6) is 0 Å². The van der Waals surface area contributed by atoms with Crippen molar-refractivity contribution in [2.45, 2.75) is 32.7 Å². The van der Waals surface area contributed by atoms with Crippen molar-refractivity contribution >= 4 is 17.5 Å². The molecule has 0 bridgehead atoms. The lowest BCUT2D eigenvalue weighted by Gasteiger charge is -2.27. The van der Waals surface area contributed by atoms with E-state index in [1.54, 1.807) is 6.07 Å². The van der Waals surface area contributed by atoms with Gasteiger partial charge in [0, 0.05) is 5.02 Å². The standard InChI is InChI=1S/C18H20ClNO/c1-13-7-6-9-15(11-13)18(2,3)20-17(21)12-14-8-4-5-10-16(14)19/h4-11H,12H2,1-3H3,(H,20,21). The molecule has 0 aliphatic rings. The van der Waals surface area contributed by atoms with Crippen LogP contribution in [0.15, 0.2) is 48.5 Å². The van der Waals surface area contributed by atoms with Crippen LogP contribution in [0.1, 0.15) is 30.5 Å². The molecule has 0 saturated heterocycles. The van der Waals surface area contributed by atoms with Crippen molar-refractivity contribution in [2.75, 3.05) is 0 Å². The second-order valence-corrected chi connectivity index (χ2v) is 6.22. The fourth-order valence-electron chi connectivity index (χ4n) is 2.31. The molecule has 0 atom stereocenters. The topological polar surface area (TPSA) is 29.1 Å². The Kier molecular flexibility index (Phi) is 4.69. The molecule has 1 amide bonds. The Morgan fingerprint density at radius 1 is 1.14 bits per heavy atom. The number of halogens is 1. The highest BCUT2D eigenvalue weighted by Crippen LogP contribution is 2.22. The number of carbonyl (C=O) groups excluding carboxylic acids is 1. The van der Waals surface area contributed by atoms with Gasteiger partial charge in [-0.15, -0.1) is 0 Å². The van der Waals surface area contributed by atoms with E-state index in [-0.39, 0.29) is 12.3 Å². The van der Waals surface area contributed by atoms with Gasteiger partial charge in [0.1, 0.15) is 0 Å². The highest BCUT2D eigenvalue weighted by Gasteiger charge is 2.23. The summed E-state index contributed by atoms with van der Waals surface area (Å²) in [5.41, 5.74) is 2.71. The molecule has 110 valence electrons. The predicted molar refractivity (Wildman–Crippen MR) is 87.5 cm³/mol. The molecule has 0 unspecified atom stereocenters. The van der Waals surface area contributed by atoms with E-state index in [9.17, 15) is 4.79 Å². The van der Waals surface area contributed by atoms with E-state index < -0.39 is 5.54 Å². The second-order valence-electron chi connectivity index (χ2n) is 5.81. The Labute approximate surface area is 131 Å². The molecule has 2 aromatic rings. The SMILES string of the molecule is Cc1cccc(C(C)(C)NC(=O)Cc2ccccc2Cl)c1. The summed E-state index contributed by atoms with van der Waals surface area (Å²) in [6.45, 7) is 6.06. The first-order valence-corrected chi connectivity index (χ1v) is 7.38. The van der Waals surface area contributed by atoms with Crippen molar-refractivity contribution in [1.82, 2.24) is 5.32 Å². The number of hydrogen-bond acceptors (Lipinski definition) is 1. The van der Waals surface area contributed by atoms with E-state index in [0.717, 1.165) is 11.1 Å². The molecule has 0 aromatic heterocycles. The minimum atomic E-state index is -0.412. The molecule has 1 N–H and O–H groups in total. The first-order valence-electron chi connectivity index (χ1n) is 7.00. The minimum Gasteiger partial charge on any atom is -0.347 e. The molecule has 0 aliphatic heterocycles. The fourth-order valence-corrected chi connectivity index (χ4v) is 2.52. The highest BCUT2D eigenvalue weighted by atomic mass is 35.5. The average Bonchev–Trinajstić information content (AvgIpc) is 2.41. The molecule has 3 heteroatoms. The number of aryl methyl sites for hydroxylation is 1. The highest BCUT2D eigenvalue weighted by molar-refractivity contribution is 6.31. The van der Waals surface area contributed by atoms with Gasteiger partial charge in [0.15, 0.2) is 0 Å². The van der Waals surface area contributed by atoms with Crippen LogP contribution in [0.2, 0.25) is 5.02 Å². The quantitative estimate of drug-likeness (QED) is 0.899. The van der Waals surface area contributed by atoms with Crippen molar-refractivity contribution in [1.29, 1.82) is 0 Å². The van der Waals surface area contributed by atoms with Crippen LogP contribution in [0, 0.1) is 6.92 Å². The summed E-state index contributed by atoms with van der Waals surface area (Å²) in [6, 6.07) is 15.6. The smallest absolute Gasteiger partial charge is 0.225 e. The Hall–Kier alpha value is -1.80. The number of hydrogen-bond donors (Lipinski definition) is 1. The van der Waals surface area contributed by atoms with Gasteiger partial charge in [-0.2, -0.15) is 0 Å². The zero-order valence-corrected chi connectivity index (χ0v) is 13.4. The van der Waals surface area contributed by atoms with Gasteiger partial charge in [-0.05, 0) is 38.0 Å². The van der Waals surface area contributed by atoms with E-state index in [0.29, 0.717) is 5.02 Å². The van der Waals surface area contributed by atoms with Gasteiger partial charge in [0.2, 0.25) is 5.91 Å². The van der Waals surface area contributed by atoms with Crippen molar-refractivity contribution in [2.24, 2.45) is 0 Å². The number of benzene rings is 2. The van der Waals surface area contributed by atoms with Crippen LogP contribution >= 0.6 is 11.6 Å². The summed E-state index contributed by atoms with van der Waals surface area (Å²) in [7, 11) is 0. The van der Waals surface area contributed by atoms with Gasteiger partial charge in [-0.1, -0.05) is 59.6 Å². The molecule has 2 nitrogen and oxygen atoms in total. The summed E-state index contributed by atoms with van der Waals surface area (Å²) < 4.78 is 0. The first kappa shape index (κ1) is 15.6. The first-order chi connectivity index (χ1) is 9.88. The molecular weight excluding hydrogens is 282 g/mol. The third-order valence-electron chi connectivity index (χ3n) is 3.50. The Morgan fingerprint density at radius 3 is 2.52 bits per heavy atom. The lowest BCUT2D eigenvalue weighted by atomic mass is 9.92. The summed E-state index contributed by atoms with van der Waals surface area (Å²) >= 11 is 6.10. The zero-order valence-electron chi connectivity index (χ0n) is 12.6. The van der Waals surface area contributed by atoms with E-state index in [1.165, 1.54) is 5.56 Å². The van der Waals surface area contributed by atoms with Crippen molar-refractivity contribution in [3.05, 3.63) is 70.2 Å². The van der Waals surface area contributed by atoms with Gasteiger partial charge < -0.3 is 5.32 Å². The van der Waals surface area contributed by atoms with Gasteiger partial charge >= 0.3 is 0 Å². The normalized spacial score (nSPS) is 11.2. The predicted octanol–water partition coefficient (Wildman–Crippen LogP) is 4.24. The van der Waals surface area contributed by atoms with Crippen LogP contribution in [0.3, 0.4) is 0 Å². The van der Waals surface area contributed by atoms with Gasteiger partial charge in [-0.25, -0.2) is 0 Å². The summed E-state index contributed by atoms with van der Waals surface area (Å²) in [6.07, 6.45) is 0.287. The van der Waals surface area contributed by atoms with E-state index >= 15 is 0 Å². The number of amides is 1. The van der Waals surface area contributed by atoms with Crippen LogP contribution in [0.4, 0.5) is 0 Å². The summed E-state index contributed by atoms with van der Waals surface area (Å²) in [5, 5.41) is 3.70. The largest absolute Gasteiger partial charge is 0.347 e. The third kappa shape index (κ3) is 4.08. The Bertz CT molecular complexity index is 649. The van der Waals surface area contributed by atoms with Gasteiger partial charge in [0.05, 0.1) is 12.0 Å². The van der Waals surface area contributed by atoms with Crippen LogP contribution < -0.4 is 5.32 Å². The number of nitrogens with one attached hydrogen (secondary N) is 1. The maximum atomic E-state index is 12.3. The molecule has 21 heavy (non-hydrogen) atoms. The molecule has 0 heterocycles. The van der Waals surface area contributed by atoms with Gasteiger partial charge in [-0.3, -0.25) is 4.79 Å². The average molecular weight is 302 g/mol. The molecule has 0 spiro atoms. The number of rotatable bonds is 4. The van der Waals surface area contributed by atoms with E-state index in [4.69, 9.17) is 11.6 Å². The zero-order chi connectivity index (χ0) is 15.5. The van der Waals surface area contributed by atoms with Crippen LogP contribution in [-0.4, -0.2) is 5.91 Å². The molecule has 2 rings (SSSR count). The Morgan fingerprint density at radius 2 is 1.86 bits per heavy atom. The lowest BCUT2D eigenvalue weighted by Crippen LogP contribution is -2.41. The van der Waals surface area contributed by atoms with Crippen LogP contribution in [-0.2, 0) is 16.8 Å². The molecule has 0 saturated carbocycles. The molecular formula is C18H20ClNO. The van der Waals surface area contributed by atoms with Crippen LogP contribution in [0.25, 0.3) is 0 Å². The molecule has 0 aliphatic carbocycles. The monoisotopic (exact) mass is 301 g/mol. The minimum absolute atomic E-state index is 0.0328. The van der Waals surface area contributed by atoms with E-state index in [1.807, 2.05) is 57.2 Å². The number of carbonyl (C=O) groups is 1. The van der Waals surface area contributed by atoms with E-state index in [2.05, 4.69) is 11.4 Å². The van der Waals surface area contributed by atoms with Gasteiger partial charge in [0.25, 0.3) is 0 Å². The third-order valence-corrected chi connectivity index (χ3v) is 3.87. The molecule has 0 fully saturated rings. The second kappa shape index (κ2) is 6.31. The fraction of sp³-hybridized carbons (Fsp3) is 0.278.